The third-order valence-corrected chi connectivity index (χ3v) is 4.87. The van der Waals surface area contributed by atoms with Crippen LogP contribution in [0.5, 0.6) is 0 Å². The van der Waals surface area contributed by atoms with Crippen molar-refractivity contribution in [2.75, 3.05) is 13.3 Å². The molecule has 0 saturated carbocycles. The third kappa shape index (κ3) is 4.17. The number of imidazole rings is 1. The minimum absolute atomic E-state index is 0.142. The number of benzene rings is 2. The second-order valence-corrected chi connectivity index (χ2v) is 6.82. The Hall–Kier alpha value is -3.13. The van der Waals surface area contributed by atoms with Crippen LogP contribution in [0.2, 0.25) is 0 Å². The normalized spacial score (nSPS) is 10.6. The summed E-state index contributed by atoms with van der Waals surface area (Å²) in [6, 6.07) is 12.4. The highest BCUT2D eigenvalue weighted by atomic mass is 32.2. The van der Waals surface area contributed by atoms with Gasteiger partial charge in [-0.3, -0.25) is 14.9 Å². The molecular formula is C19H18N4O3S. The summed E-state index contributed by atoms with van der Waals surface area (Å²) < 4.78 is 1.55. The lowest BCUT2D eigenvalue weighted by atomic mass is 10.1. The van der Waals surface area contributed by atoms with Crippen molar-refractivity contribution >= 4 is 23.4 Å². The monoisotopic (exact) mass is 382 g/mol. The van der Waals surface area contributed by atoms with Crippen LogP contribution in [0.15, 0.2) is 66.1 Å². The van der Waals surface area contributed by atoms with E-state index in [4.69, 9.17) is 0 Å². The Kier molecular flexibility index (Phi) is 5.56. The molecule has 27 heavy (non-hydrogen) atoms. The quantitative estimate of drug-likeness (QED) is 0.368. The number of nitro groups is 1. The summed E-state index contributed by atoms with van der Waals surface area (Å²) in [5.41, 5.74) is 1.49. The first-order chi connectivity index (χ1) is 13.0. The van der Waals surface area contributed by atoms with Crippen LogP contribution in [0.3, 0.4) is 0 Å². The Labute approximate surface area is 160 Å². The number of rotatable bonds is 6. The number of nitro benzene ring substituents is 1. The molecule has 0 spiro atoms. The van der Waals surface area contributed by atoms with Gasteiger partial charge in [-0.15, -0.1) is 11.8 Å². The van der Waals surface area contributed by atoms with Gasteiger partial charge in [-0.1, -0.05) is 12.1 Å². The van der Waals surface area contributed by atoms with E-state index in [1.54, 1.807) is 52.8 Å². The van der Waals surface area contributed by atoms with Crippen LogP contribution in [0, 0.1) is 10.1 Å². The van der Waals surface area contributed by atoms with Gasteiger partial charge < -0.3 is 9.47 Å². The van der Waals surface area contributed by atoms with E-state index in [9.17, 15) is 14.9 Å². The number of hydrogen-bond donors (Lipinski definition) is 0. The lowest BCUT2D eigenvalue weighted by Gasteiger charge is -2.18. The molecule has 0 atom stereocenters. The summed E-state index contributed by atoms with van der Waals surface area (Å²) in [5, 5.41) is 11.5. The molecule has 0 fully saturated rings. The lowest BCUT2D eigenvalue weighted by molar-refractivity contribution is -0.384. The van der Waals surface area contributed by atoms with Crippen molar-refractivity contribution in [2.45, 2.75) is 11.4 Å². The summed E-state index contributed by atoms with van der Waals surface area (Å²) in [7, 11) is 1.68. The van der Waals surface area contributed by atoms with E-state index in [-0.39, 0.29) is 17.2 Å². The Morgan fingerprint density at radius 3 is 2.59 bits per heavy atom. The van der Waals surface area contributed by atoms with Crippen LogP contribution in [0.1, 0.15) is 15.9 Å². The molecule has 3 rings (SSSR count). The SMILES string of the molecule is CSc1ccc(CN(C)C(=O)c2ccc(-n3ccnc3)c([N+](=O)[O-])c2)cc1. The molecule has 0 unspecified atom stereocenters. The summed E-state index contributed by atoms with van der Waals surface area (Å²) in [6.07, 6.45) is 6.65. The standard InChI is InChI=1S/C19H18N4O3S/c1-21(12-14-3-6-16(27-2)7-4-14)19(24)15-5-8-17(18(11-15)23(25)26)22-10-9-20-13-22/h3-11,13H,12H2,1-2H3. The topological polar surface area (TPSA) is 81.3 Å². The van der Waals surface area contributed by atoms with Crippen LogP contribution in [0.4, 0.5) is 5.69 Å². The number of hydrogen-bond acceptors (Lipinski definition) is 5. The van der Waals surface area contributed by atoms with Crippen LogP contribution in [0.25, 0.3) is 5.69 Å². The molecular weight excluding hydrogens is 364 g/mol. The molecule has 0 aliphatic heterocycles. The average molecular weight is 382 g/mol. The fraction of sp³-hybridized carbons (Fsp3) is 0.158. The van der Waals surface area contributed by atoms with Crippen molar-refractivity contribution in [2.24, 2.45) is 0 Å². The minimum Gasteiger partial charge on any atom is -0.337 e. The van der Waals surface area contributed by atoms with Gasteiger partial charge in [0.2, 0.25) is 0 Å². The van der Waals surface area contributed by atoms with Crippen LogP contribution in [-0.4, -0.2) is 38.6 Å². The Morgan fingerprint density at radius 1 is 1.26 bits per heavy atom. The van der Waals surface area contributed by atoms with E-state index in [0.717, 1.165) is 10.5 Å². The maximum absolute atomic E-state index is 12.7. The first kappa shape index (κ1) is 18.7. The molecule has 0 radical (unpaired) electrons. The summed E-state index contributed by atoms with van der Waals surface area (Å²) in [5.74, 6) is -0.274. The molecule has 2 aromatic carbocycles. The van der Waals surface area contributed by atoms with Gasteiger partial charge in [0.05, 0.1) is 11.3 Å². The number of nitrogens with zero attached hydrogens (tertiary/aromatic N) is 4. The van der Waals surface area contributed by atoms with E-state index in [2.05, 4.69) is 4.98 Å². The molecule has 1 heterocycles. The molecule has 138 valence electrons. The van der Waals surface area contributed by atoms with Crippen LogP contribution < -0.4 is 0 Å². The molecule has 1 amide bonds. The second-order valence-electron chi connectivity index (χ2n) is 5.94. The zero-order chi connectivity index (χ0) is 19.4. The van der Waals surface area contributed by atoms with Crippen molar-refractivity contribution < 1.29 is 9.72 Å². The summed E-state index contributed by atoms with van der Waals surface area (Å²) in [6.45, 7) is 0.421. The molecule has 7 nitrogen and oxygen atoms in total. The van der Waals surface area contributed by atoms with E-state index in [0.29, 0.717) is 12.2 Å². The van der Waals surface area contributed by atoms with Crippen molar-refractivity contribution in [3.05, 3.63) is 82.4 Å². The van der Waals surface area contributed by atoms with E-state index < -0.39 is 4.92 Å². The van der Waals surface area contributed by atoms with Gasteiger partial charge in [0.1, 0.15) is 5.69 Å². The molecule has 3 aromatic rings. The predicted molar refractivity (Wildman–Crippen MR) is 104 cm³/mol. The summed E-state index contributed by atoms with van der Waals surface area (Å²) in [4.78, 5) is 30.3. The molecule has 8 heteroatoms. The van der Waals surface area contributed by atoms with Crippen LogP contribution >= 0.6 is 11.8 Å². The molecule has 0 bridgehead atoms. The van der Waals surface area contributed by atoms with Gasteiger partial charge in [-0.05, 0) is 36.1 Å². The summed E-state index contributed by atoms with van der Waals surface area (Å²) >= 11 is 1.65. The fourth-order valence-corrected chi connectivity index (χ4v) is 3.13. The van der Waals surface area contributed by atoms with Crippen molar-refractivity contribution in [3.63, 3.8) is 0 Å². The Morgan fingerprint density at radius 2 is 2.00 bits per heavy atom. The second kappa shape index (κ2) is 8.05. The van der Waals surface area contributed by atoms with Crippen molar-refractivity contribution in [1.29, 1.82) is 0 Å². The van der Waals surface area contributed by atoms with Crippen molar-refractivity contribution in [3.8, 4) is 5.69 Å². The zero-order valence-corrected chi connectivity index (χ0v) is 15.7. The number of amides is 1. The van der Waals surface area contributed by atoms with E-state index in [1.807, 2.05) is 30.5 Å². The molecule has 1 aromatic heterocycles. The van der Waals surface area contributed by atoms with Gasteiger partial charge in [-0.25, -0.2) is 4.98 Å². The number of carbonyl (C=O) groups excluding carboxylic acids is 1. The first-order valence-corrected chi connectivity index (χ1v) is 9.37. The van der Waals surface area contributed by atoms with Gasteiger partial charge in [0.25, 0.3) is 11.6 Å². The van der Waals surface area contributed by atoms with E-state index in [1.165, 1.54) is 12.4 Å². The Bertz CT molecular complexity index is 956. The highest BCUT2D eigenvalue weighted by Crippen LogP contribution is 2.25. The minimum atomic E-state index is -0.493. The van der Waals surface area contributed by atoms with E-state index >= 15 is 0 Å². The van der Waals surface area contributed by atoms with Crippen molar-refractivity contribution in [1.82, 2.24) is 14.5 Å². The lowest BCUT2D eigenvalue weighted by Crippen LogP contribution is -2.26. The van der Waals surface area contributed by atoms with Gasteiger partial charge >= 0.3 is 0 Å². The average Bonchev–Trinajstić information content (AvgIpc) is 3.22. The number of aromatic nitrogens is 2. The number of carbonyl (C=O) groups is 1. The first-order valence-electron chi connectivity index (χ1n) is 8.14. The van der Waals surface area contributed by atoms with Gasteiger partial charge in [0.15, 0.2) is 0 Å². The van der Waals surface area contributed by atoms with Crippen LogP contribution in [-0.2, 0) is 6.54 Å². The maximum atomic E-state index is 12.7. The molecule has 0 N–H and O–H groups in total. The van der Waals surface area contributed by atoms with Gasteiger partial charge in [0, 0.05) is 42.5 Å². The molecule has 0 aliphatic rings. The fourth-order valence-electron chi connectivity index (χ4n) is 2.72. The number of thioether (sulfide) groups is 1. The van der Waals surface area contributed by atoms with Gasteiger partial charge in [-0.2, -0.15) is 0 Å². The highest BCUT2D eigenvalue weighted by Gasteiger charge is 2.20. The Balaban J connectivity index is 1.83. The predicted octanol–water partition coefficient (Wildman–Crippen LogP) is 3.77. The molecule has 0 aliphatic carbocycles. The third-order valence-electron chi connectivity index (χ3n) is 4.13. The smallest absolute Gasteiger partial charge is 0.294 e. The maximum Gasteiger partial charge on any atom is 0.294 e. The zero-order valence-electron chi connectivity index (χ0n) is 14.9. The largest absolute Gasteiger partial charge is 0.337 e. The highest BCUT2D eigenvalue weighted by molar-refractivity contribution is 7.98. The molecule has 0 saturated heterocycles.